The molecule has 0 spiro atoms. The minimum Gasteiger partial charge on any atom is -0.350 e. The summed E-state index contributed by atoms with van der Waals surface area (Å²) in [5, 5.41) is 3.98. The summed E-state index contributed by atoms with van der Waals surface area (Å²) < 4.78 is 26.7. The van der Waals surface area contributed by atoms with Gasteiger partial charge in [0.05, 0.1) is 11.9 Å². The molecule has 226 valence electrons. The van der Waals surface area contributed by atoms with E-state index >= 15 is 0 Å². The third-order valence-corrected chi connectivity index (χ3v) is 8.69. The van der Waals surface area contributed by atoms with Crippen molar-refractivity contribution >= 4 is 50.7 Å². The number of carbonyl (C=O) groups excluding carboxylic acids is 2. The largest absolute Gasteiger partial charge is 0.350 e. The standard InChI is InChI=1S/C32H39Cl2N3O4S/c1-23-26(33)17-11-18-28(23)37(42(5,40)41)20-12-19-30(38)36(22-25-15-9-10-16-27(25)34)29(31(39)35-32(2,3)4)21-24-13-7-6-8-14-24/h6-11,13-18,29H,12,19-22H2,1-5H3,(H,35,39)/t29-/m0/s1. The van der Waals surface area contributed by atoms with Gasteiger partial charge in [0.1, 0.15) is 6.04 Å². The molecule has 1 atom stereocenters. The van der Waals surface area contributed by atoms with Crippen LogP contribution in [0.1, 0.15) is 50.3 Å². The van der Waals surface area contributed by atoms with Crippen molar-refractivity contribution in [2.75, 3.05) is 17.1 Å². The second-order valence-electron chi connectivity index (χ2n) is 11.4. The van der Waals surface area contributed by atoms with Crippen LogP contribution in [0.4, 0.5) is 5.69 Å². The average Bonchev–Trinajstić information content (AvgIpc) is 2.90. The number of hydrogen-bond donors (Lipinski definition) is 1. The lowest BCUT2D eigenvalue weighted by Crippen LogP contribution is -2.54. The van der Waals surface area contributed by atoms with E-state index in [2.05, 4.69) is 5.32 Å². The fraction of sp³-hybridized carbons (Fsp3) is 0.375. The topological polar surface area (TPSA) is 86.8 Å². The van der Waals surface area contributed by atoms with Gasteiger partial charge in [0.15, 0.2) is 0 Å². The quantitative estimate of drug-likeness (QED) is 0.250. The molecular formula is C32H39Cl2N3O4S. The summed E-state index contributed by atoms with van der Waals surface area (Å²) in [6.45, 7) is 7.63. The second-order valence-corrected chi connectivity index (χ2v) is 14.1. The molecule has 2 amide bonds. The first-order valence-electron chi connectivity index (χ1n) is 13.8. The Balaban J connectivity index is 1.93. The van der Waals surface area contributed by atoms with E-state index in [1.165, 1.54) is 4.31 Å². The molecule has 0 fully saturated rings. The van der Waals surface area contributed by atoms with Crippen molar-refractivity contribution in [2.24, 2.45) is 0 Å². The van der Waals surface area contributed by atoms with E-state index in [9.17, 15) is 18.0 Å². The summed E-state index contributed by atoms with van der Waals surface area (Å²) >= 11 is 12.8. The average molecular weight is 633 g/mol. The first-order valence-corrected chi connectivity index (χ1v) is 16.4. The lowest BCUT2D eigenvalue weighted by atomic mass is 10.00. The van der Waals surface area contributed by atoms with E-state index in [4.69, 9.17) is 23.2 Å². The molecule has 3 aromatic rings. The fourth-order valence-corrected chi connectivity index (χ4v) is 6.05. The zero-order valence-corrected chi connectivity index (χ0v) is 27.1. The van der Waals surface area contributed by atoms with Crippen molar-refractivity contribution in [1.29, 1.82) is 0 Å². The minimum absolute atomic E-state index is 0.0180. The molecule has 0 bridgehead atoms. The maximum absolute atomic E-state index is 14.0. The highest BCUT2D eigenvalue weighted by Gasteiger charge is 2.32. The van der Waals surface area contributed by atoms with Gasteiger partial charge in [0.2, 0.25) is 21.8 Å². The third-order valence-electron chi connectivity index (χ3n) is 6.73. The summed E-state index contributed by atoms with van der Waals surface area (Å²) in [6.07, 6.45) is 1.68. The van der Waals surface area contributed by atoms with Crippen molar-refractivity contribution in [3.8, 4) is 0 Å². The number of sulfonamides is 1. The normalized spacial score (nSPS) is 12.5. The van der Waals surface area contributed by atoms with Gasteiger partial charge >= 0.3 is 0 Å². The van der Waals surface area contributed by atoms with Crippen LogP contribution >= 0.6 is 23.2 Å². The van der Waals surface area contributed by atoms with Crippen LogP contribution in [0.5, 0.6) is 0 Å². The molecule has 0 aliphatic heterocycles. The third kappa shape index (κ3) is 9.48. The fourth-order valence-electron chi connectivity index (χ4n) is 4.67. The summed E-state index contributed by atoms with van der Waals surface area (Å²) in [6, 6.07) is 21.0. The zero-order chi connectivity index (χ0) is 31.1. The van der Waals surface area contributed by atoms with E-state index in [1.807, 2.05) is 69.3 Å². The number of nitrogens with zero attached hydrogens (tertiary/aromatic N) is 2. The van der Waals surface area contributed by atoms with Crippen LogP contribution in [0, 0.1) is 6.92 Å². The number of amides is 2. The molecule has 0 aliphatic rings. The van der Waals surface area contributed by atoms with Crippen LogP contribution in [0.2, 0.25) is 10.0 Å². The summed E-state index contributed by atoms with van der Waals surface area (Å²) in [7, 11) is -3.65. The van der Waals surface area contributed by atoms with Crippen molar-refractivity contribution in [2.45, 2.75) is 65.1 Å². The second kappa shape index (κ2) is 14.4. The SMILES string of the molecule is Cc1c(Cl)cccc1N(CCCC(=O)N(Cc1ccccc1Cl)[C@@H](Cc1ccccc1)C(=O)NC(C)(C)C)S(C)(=O)=O. The Morgan fingerprint density at radius 3 is 2.14 bits per heavy atom. The molecular weight excluding hydrogens is 593 g/mol. The molecule has 0 heterocycles. The number of hydrogen-bond acceptors (Lipinski definition) is 4. The van der Waals surface area contributed by atoms with E-state index < -0.39 is 21.6 Å². The predicted octanol–water partition coefficient (Wildman–Crippen LogP) is 6.40. The van der Waals surface area contributed by atoms with Crippen molar-refractivity contribution in [1.82, 2.24) is 10.2 Å². The van der Waals surface area contributed by atoms with Crippen molar-refractivity contribution in [3.63, 3.8) is 0 Å². The molecule has 10 heteroatoms. The van der Waals surface area contributed by atoms with Gasteiger partial charge in [-0.3, -0.25) is 13.9 Å². The number of rotatable bonds is 12. The monoisotopic (exact) mass is 631 g/mol. The Hall–Kier alpha value is -3.07. The number of anilines is 1. The summed E-state index contributed by atoms with van der Waals surface area (Å²) in [4.78, 5) is 29.2. The first-order chi connectivity index (χ1) is 19.7. The Kier molecular flexibility index (Phi) is 11.5. The highest BCUT2D eigenvalue weighted by Crippen LogP contribution is 2.29. The molecule has 1 N–H and O–H groups in total. The van der Waals surface area contributed by atoms with Gasteiger partial charge in [0.25, 0.3) is 0 Å². The molecule has 3 rings (SSSR count). The van der Waals surface area contributed by atoms with Gasteiger partial charge in [-0.25, -0.2) is 8.42 Å². The Labute approximate surface area is 259 Å². The van der Waals surface area contributed by atoms with Crippen LogP contribution in [0.3, 0.4) is 0 Å². The molecule has 7 nitrogen and oxygen atoms in total. The van der Waals surface area contributed by atoms with Crippen LogP contribution < -0.4 is 9.62 Å². The number of halogens is 2. The van der Waals surface area contributed by atoms with Gasteiger partial charge < -0.3 is 10.2 Å². The summed E-state index contributed by atoms with van der Waals surface area (Å²) in [5.74, 6) is -0.560. The van der Waals surface area contributed by atoms with E-state index in [0.717, 1.165) is 11.8 Å². The van der Waals surface area contributed by atoms with Gasteiger partial charge in [-0.2, -0.15) is 0 Å². The lowest BCUT2D eigenvalue weighted by Gasteiger charge is -2.34. The van der Waals surface area contributed by atoms with Crippen molar-refractivity contribution < 1.29 is 18.0 Å². The lowest BCUT2D eigenvalue weighted by molar-refractivity contribution is -0.142. The molecule has 0 radical (unpaired) electrons. The number of carbonyl (C=O) groups is 2. The molecule has 0 aromatic heterocycles. The Bertz CT molecular complexity index is 1490. The van der Waals surface area contributed by atoms with Gasteiger partial charge in [-0.05, 0) is 69.0 Å². The van der Waals surface area contributed by atoms with E-state index in [-0.39, 0.29) is 37.7 Å². The van der Waals surface area contributed by atoms with Crippen LogP contribution in [-0.2, 0) is 32.6 Å². The highest BCUT2D eigenvalue weighted by atomic mass is 35.5. The Morgan fingerprint density at radius 2 is 1.52 bits per heavy atom. The van der Waals surface area contributed by atoms with Crippen LogP contribution in [0.15, 0.2) is 72.8 Å². The Morgan fingerprint density at radius 1 is 0.905 bits per heavy atom. The van der Waals surface area contributed by atoms with Gasteiger partial charge in [-0.1, -0.05) is 77.8 Å². The molecule has 3 aromatic carbocycles. The molecule has 0 saturated heterocycles. The summed E-state index contributed by atoms with van der Waals surface area (Å²) in [5.41, 5.74) is 2.20. The molecule has 0 aliphatic carbocycles. The minimum atomic E-state index is -3.65. The van der Waals surface area contributed by atoms with E-state index in [1.54, 1.807) is 36.1 Å². The van der Waals surface area contributed by atoms with Crippen molar-refractivity contribution in [3.05, 3.63) is 99.5 Å². The predicted molar refractivity (Wildman–Crippen MR) is 171 cm³/mol. The van der Waals surface area contributed by atoms with Gasteiger partial charge in [0, 0.05) is 41.5 Å². The van der Waals surface area contributed by atoms with E-state index in [0.29, 0.717) is 33.3 Å². The molecule has 42 heavy (non-hydrogen) atoms. The number of nitrogens with one attached hydrogen (secondary N) is 1. The molecule has 0 unspecified atom stereocenters. The smallest absolute Gasteiger partial charge is 0.243 e. The molecule has 0 saturated carbocycles. The first kappa shape index (κ1) is 33.4. The maximum Gasteiger partial charge on any atom is 0.243 e. The highest BCUT2D eigenvalue weighted by molar-refractivity contribution is 7.92. The van der Waals surface area contributed by atoms with Crippen LogP contribution in [-0.4, -0.2) is 49.5 Å². The van der Waals surface area contributed by atoms with Crippen LogP contribution in [0.25, 0.3) is 0 Å². The zero-order valence-electron chi connectivity index (χ0n) is 24.7. The number of benzene rings is 3. The maximum atomic E-state index is 14.0. The van der Waals surface area contributed by atoms with Gasteiger partial charge in [-0.15, -0.1) is 0 Å².